The molecule has 21 heavy (non-hydrogen) atoms. The van der Waals surface area contributed by atoms with Crippen LogP contribution in [0.2, 0.25) is 0 Å². The number of piperazine rings is 1. The lowest BCUT2D eigenvalue weighted by atomic mass is 9.95. The van der Waals surface area contributed by atoms with Gasteiger partial charge in [-0.2, -0.15) is 0 Å². The number of nitrogens with zero attached hydrogens (tertiary/aromatic N) is 2. The van der Waals surface area contributed by atoms with Crippen LogP contribution in [0.15, 0.2) is 0 Å². The van der Waals surface area contributed by atoms with Crippen molar-refractivity contribution in [3.8, 4) is 0 Å². The topological polar surface area (TPSA) is 44.8 Å². The van der Waals surface area contributed by atoms with Gasteiger partial charge in [0.15, 0.2) is 0 Å². The van der Waals surface area contributed by atoms with Gasteiger partial charge in [0.2, 0.25) is 0 Å². The van der Waals surface area contributed by atoms with Crippen molar-refractivity contribution >= 4 is 5.97 Å². The van der Waals surface area contributed by atoms with E-state index in [0.717, 1.165) is 45.6 Å². The zero-order valence-electron chi connectivity index (χ0n) is 14.4. The predicted molar refractivity (Wildman–Crippen MR) is 86.5 cm³/mol. The van der Waals surface area contributed by atoms with E-state index >= 15 is 0 Å². The molecule has 5 nitrogen and oxygen atoms in total. The summed E-state index contributed by atoms with van der Waals surface area (Å²) in [5.41, 5.74) is -0.555. The van der Waals surface area contributed by atoms with Crippen LogP contribution in [0.4, 0.5) is 0 Å². The van der Waals surface area contributed by atoms with E-state index in [1.54, 1.807) is 0 Å². The lowest BCUT2D eigenvalue weighted by Gasteiger charge is -2.39. The number of nitrogens with one attached hydrogen (secondary N) is 1. The van der Waals surface area contributed by atoms with Gasteiger partial charge in [0, 0.05) is 25.7 Å². The summed E-state index contributed by atoms with van der Waals surface area (Å²) in [6, 6.07) is 0.666. The molecule has 0 aliphatic carbocycles. The molecule has 1 saturated heterocycles. The largest absolute Gasteiger partial charge is 0.468 e. The summed E-state index contributed by atoms with van der Waals surface area (Å²) >= 11 is 0. The second kappa shape index (κ2) is 8.71. The number of rotatable bonds is 8. The normalized spacial score (nSPS) is 23.8. The quantitative estimate of drug-likeness (QED) is 0.685. The summed E-state index contributed by atoms with van der Waals surface area (Å²) in [6.45, 7) is 11.5. The van der Waals surface area contributed by atoms with Crippen molar-refractivity contribution in [2.45, 2.75) is 51.6 Å². The number of carbonyl (C=O) groups is 1. The van der Waals surface area contributed by atoms with Crippen LogP contribution >= 0.6 is 0 Å². The van der Waals surface area contributed by atoms with Gasteiger partial charge in [0.25, 0.3) is 0 Å². The first-order valence-corrected chi connectivity index (χ1v) is 8.22. The molecular formula is C16H33N3O2. The molecule has 0 aromatic heterocycles. The van der Waals surface area contributed by atoms with Crippen LogP contribution in [0.25, 0.3) is 0 Å². The Morgan fingerprint density at radius 1 is 1.38 bits per heavy atom. The average Bonchev–Trinajstić information content (AvgIpc) is 2.48. The zero-order valence-corrected chi connectivity index (χ0v) is 14.4. The molecule has 5 heteroatoms. The van der Waals surface area contributed by atoms with Crippen molar-refractivity contribution in [3.05, 3.63) is 0 Å². The minimum atomic E-state index is -0.555. The molecule has 124 valence electrons. The van der Waals surface area contributed by atoms with Gasteiger partial charge >= 0.3 is 5.97 Å². The monoisotopic (exact) mass is 299 g/mol. The maximum Gasteiger partial charge on any atom is 0.325 e. The molecule has 2 atom stereocenters. The molecule has 0 saturated carbocycles. The lowest BCUT2D eigenvalue weighted by molar-refractivity contribution is -0.148. The van der Waals surface area contributed by atoms with Crippen LogP contribution < -0.4 is 5.32 Å². The highest BCUT2D eigenvalue weighted by Gasteiger charge is 2.33. The van der Waals surface area contributed by atoms with E-state index in [1.807, 2.05) is 13.8 Å². The van der Waals surface area contributed by atoms with Gasteiger partial charge < -0.3 is 19.9 Å². The summed E-state index contributed by atoms with van der Waals surface area (Å²) in [7, 11) is 3.68. The van der Waals surface area contributed by atoms with E-state index < -0.39 is 5.54 Å². The van der Waals surface area contributed by atoms with E-state index in [0.29, 0.717) is 6.04 Å². The molecule has 1 fully saturated rings. The second-order valence-corrected chi connectivity index (χ2v) is 6.30. The van der Waals surface area contributed by atoms with E-state index in [2.05, 4.69) is 29.1 Å². The minimum Gasteiger partial charge on any atom is -0.468 e. The Kier molecular flexibility index (Phi) is 7.63. The molecule has 0 amide bonds. The molecule has 0 aromatic rings. The molecule has 0 spiro atoms. The van der Waals surface area contributed by atoms with Crippen molar-refractivity contribution in [2.24, 2.45) is 0 Å². The van der Waals surface area contributed by atoms with Gasteiger partial charge in [-0.05, 0) is 46.3 Å². The maximum absolute atomic E-state index is 11.9. The van der Waals surface area contributed by atoms with Crippen LogP contribution in [-0.4, -0.2) is 74.2 Å². The Morgan fingerprint density at radius 3 is 2.67 bits per heavy atom. The summed E-state index contributed by atoms with van der Waals surface area (Å²) in [5, 5.41) is 3.27. The Balaban J connectivity index is 2.42. The number of methoxy groups -OCH3 is 1. The maximum atomic E-state index is 11.9. The highest BCUT2D eigenvalue weighted by molar-refractivity contribution is 5.80. The SMILES string of the molecule is CCNC(C)(CCCN1CCN(C)C(CC)C1)C(=O)OC. The molecule has 1 N–H and O–H groups in total. The third kappa shape index (κ3) is 5.24. The smallest absolute Gasteiger partial charge is 0.325 e. The molecule has 0 radical (unpaired) electrons. The van der Waals surface area contributed by atoms with Crippen molar-refractivity contribution in [1.82, 2.24) is 15.1 Å². The minimum absolute atomic E-state index is 0.158. The molecule has 0 aromatic carbocycles. The Morgan fingerprint density at radius 2 is 2.10 bits per heavy atom. The average molecular weight is 299 g/mol. The van der Waals surface area contributed by atoms with Crippen molar-refractivity contribution < 1.29 is 9.53 Å². The molecule has 2 unspecified atom stereocenters. The Labute approximate surface area is 130 Å². The Hall–Kier alpha value is -0.650. The standard InChI is InChI=1S/C16H33N3O2/c1-6-14-13-19(12-11-18(14)4)10-8-9-16(3,17-7-2)15(20)21-5/h14,17H,6-13H2,1-5H3. The first kappa shape index (κ1) is 18.4. The fourth-order valence-electron chi connectivity index (χ4n) is 3.19. The van der Waals surface area contributed by atoms with Gasteiger partial charge in [-0.1, -0.05) is 13.8 Å². The van der Waals surface area contributed by atoms with Gasteiger partial charge in [0.05, 0.1) is 7.11 Å². The highest BCUT2D eigenvalue weighted by Crippen LogP contribution is 2.17. The van der Waals surface area contributed by atoms with Crippen LogP contribution in [-0.2, 0) is 9.53 Å². The number of hydrogen-bond acceptors (Lipinski definition) is 5. The summed E-state index contributed by atoms with van der Waals surface area (Å²) in [4.78, 5) is 16.9. The molecular weight excluding hydrogens is 266 g/mol. The third-order valence-electron chi connectivity index (χ3n) is 4.69. The molecule has 1 aliphatic rings. The van der Waals surface area contributed by atoms with Crippen LogP contribution in [0, 0.1) is 0 Å². The van der Waals surface area contributed by atoms with Gasteiger partial charge in [-0.15, -0.1) is 0 Å². The fraction of sp³-hybridized carbons (Fsp3) is 0.938. The van der Waals surface area contributed by atoms with E-state index in [1.165, 1.54) is 13.5 Å². The van der Waals surface area contributed by atoms with Crippen molar-refractivity contribution in [3.63, 3.8) is 0 Å². The lowest BCUT2D eigenvalue weighted by Crippen LogP contribution is -2.52. The third-order valence-corrected chi connectivity index (χ3v) is 4.69. The van der Waals surface area contributed by atoms with E-state index in [9.17, 15) is 4.79 Å². The number of esters is 1. The van der Waals surface area contributed by atoms with Gasteiger partial charge in [-0.25, -0.2) is 0 Å². The van der Waals surface area contributed by atoms with E-state index in [4.69, 9.17) is 4.74 Å². The fourth-order valence-corrected chi connectivity index (χ4v) is 3.19. The number of ether oxygens (including phenoxy) is 1. The predicted octanol–water partition coefficient (Wildman–Crippen LogP) is 1.33. The molecule has 1 rings (SSSR count). The zero-order chi connectivity index (χ0) is 15.9. The summed E-state index contributed by atoms with van der Waals surface area (Å²) in [5.74, 6) is -0.158. The number of carbonyl (C=O) groups excluding carboxylic acids is 1. The summed E-state index contributed by atoms with van der Waals surface area (Å²) < 4.78 is 4.94. The van der Waals surface area contributed by atoms with Crippen molar-refractivity contribution in [2.75, 3.05) is 46.9 Å². The molecule has 1 heterocycles. The highest BCUT2D eigenvalue weighted by atomic mass is 16.5. The van der Waals surface area contributed by atoms with Crippen LogP contribution in [0.5, 0.6) is 0 Å². The molecule has 1 aliphatic heterocycles. The van der Waals surface area contributed by atoms with Crippen LogP contribution in [0.3, 0.4) is 0 Å². The Bertz CT molecular complexity index is 325. The number of likely N-dealkylation sites (N-methyl/N-ethyl adjacent to an activating group) is 2. The van der Waals surface area contributed by atoms with Gasteiger partial charge in [0.1, 0.15) is 5.54 Å². The summed E-state index contributed by atoms with van der Waals surface area (Å²) in [6.07, 6.45) is 3.03. The molecule has 0 bridgehead atoms. The first-order valence-electron chi connectivity index (χ1n) is 8.22. The van der Waals surface area contributed by atoms with Gasteiger partial charge in [-0.3, -0.25) is 4.79 Å². The van der Waals surface area contributed by atoms with Crippen LogP contribution in [0.1, 0.15) is 40.0 Å². The first-order chi connectivity index (χ1) is 9.96. The second-order valence-electron chi connectivity index (χ2n) is 6.30. The van der Waals surface area contributed by atoms with E-state index in [-0.39, 0.29) is 5.97 Å². The number of hydrogen-bond donors (Lipinski definition) is 1. The van der Waals surface area contributed by atoms with Crippen molar-refractivity contribution in [1.29, 1.82) is 0 Å².